The maximum Gasteiger partial charge on any atom is 0.335 e. The van der Waals surface area contributed by atoms with Crippen molar-refractivity contribution in [3.8, 4) is 0 Å². The zero-order chi connectivity index (χ0) is 24.0. The molecule has 2 fully saturated rings. The van der Waals surface area contributed by atoms with Gasteiger partial charge in [0.1, 0.15) is 5.92 Å². The fraction of sp³-hybridized carbons (Fsp3) is 0.125. The van der Waals surface area contributed by atoms with Gasteiger partial charge in [0.2, 0.25) is 5.91 Å². The van der Waals surface area contributed by atoms with E-state index < -0.39 is 40.8 Å². The molecule has 1 N–H and O–H groups in total. The van der Waals surface area contributed by atoms with Crippen molar-refractivity contribution >= 4 is 34.8 Å². The predicted molar refractivity (Wildman–Crippen MR) is 119 cm³/mol. The summed E-state index contributed by atoms with van der Waals surface area (Å²) in [7, 11) is 0. The van der Waals surface area contributed by atoms with E-state index in [-0.39, 0.29) is 16.9 Å². The number of hydrogen-bond donors (Lipinski definition) is 1. The van der Waals surface area contributed by atoms with Gasteiger partial charge in [-0.3, -0.25) is 24.5 Å². The molecule has 3 atom stereocenters. The number of carboxylic acid groups (broad SMARTS) is 1. The van der Waals surface area contributed by atoms with Crippen molar-refractivity contribution in [2.75, 3.05) is 9.96 Å². The van der Waals surface area contributed by atoms with Crippen molar-refractivity contribution in [3.05, 3.63) is 100 Å². The molecule has 34 heavy (non-hydrogen) atoms. The van der Waals surface area contributed by atoms with Crippen LogP contribution in [0.2, 0.25) is 0 Å². The van der Waals surface area contributed by atoms with E-state index in [4.69, 9.17) is 9.94 Å². The van der Waals surface area contributed by atoms with Crippen molar-refractivity contribution in [2.45, 2.75) is 12.1 Å². The van der Waals surface area contributed by atoms with E-state index in [1.54, 1.807) is 36.4 Å². The first-order valence-electron chi connectivity index (χ1n) is 10.3. The zero-order valence-corrected chi connectivity index (χ0v) is 17.5. The Balaban J connectivity index is 1.55. The summed E-state index contributed by atoms with van der Waals surface area (Å²) in [4.78, 5) is 55.5. The minimum absolute atomic E-state index is 0.0262. The SMILES string of the molecule is O=C(O)c1ccc(N2C(=O)[C@H]3[C@H](ON(c4ccccc4)[C@H]3c3ccc([N+](=O)[O-])cc3)C2=O)cc1. The largest absolute Gasteiger partial charge is 0.478 e. The minimum atomic E-state index is -1.12. The van der Waals surface area contributed by atoms with Crippen LogP contribution in [0.25, 0.3) is 0 Å². The minimum Gasteiger partial charge on any atom is -0.478 e. The summed E-state index contributed by atoms with van der Waals surface area (Å²) in [5.74, 6) is -3.10. The Morgan fingerprint density at radius 3 is 2.12 bits per heavy atom. The van der Waals surface area contributed by atoms with Gasteiger partial charge in [-0.05, 0) is 42.0 Å². The fourth-order valence-corrected chi connectivity index (χ4v) is 4.35. The van der Waals surface area contributed by atoms with E-state index in [9.17, 15) is 24.5 Å². The van der Waals surface area contributed by atoms with Crippen molar-refractivity contribution in [1.82, 2.24) is 0 Å². The highest BCUT2D eigenvalue weighted by atomic mass is 16.7. The maximum atomic E-state index is 13.5. The Kier molecular flexibility index (Phi) is 5.06. The van der Waals surface area contributed by atoms with Crippen molar-refractivity contribution in [3.63, 3.8) is 0 Å². The highest BCUT2D eigenvalue weighted by Crippen LogP contribution is 2.47. The number of hydroxylamine groups is 1. The lowest BCUT2D eigenvalue weighted by Crippen LogP contribution is -2.37. The number of carbonyl (C=O) groups is 3. The number of benzene rings is 3. The lowest BCUT2D eigenvalue weighted by atomic mass is 9.90. The third-order valence-electron chi connectivity index (χ3n) is 5.94. The van der Waals surface area contributed by atoms with Gasteiger partial charge in [-0.25, -0.2) is 14.8 Å². The van der Waals surface area contributed by atoms with Crippen LogP contribution >= 0.6 is 0 Å². The molecule has 2 aliphatic rings. The van der Waals surface area contributed by atoms with Crippen LogP contribution in [0.4, 0.5) is 17.1 Å². The molecule has 2 aliphatic heterocycles. The Morgan fingerprint density at radius 2 is 1.53 bits per heavy atom. The number of para-hydroxylation sites is 1. The number of aromatic carboxylic acids is 1. The molecule has 0 saturated carbocycles. The van der Waals surface area contributed by atoms with Gasteiger partial charge < -0.3 is 5.11 Å². The molecule has 170 valence electrons. The molecule has 0 bridgehead atoms. The van der Waals surface area contributed by atoms with Crippen LogP contribution in [0, 0.1) is 16.0 Å². The molecule has 2 heterocycles. The van der Waals surface area contributed by atoms with Crippen LogP contribution in [-0.4, -0.2) is 33.9 Å². The van der Waals surface area contributed by atoms with E-state index in [1.807, 2.05) is 6.07 Å². The van der Waals surface area contributed by atoms with Gasteiger partial charge in [0, 0.05) is 12.1 Å². The van der Waals surface area contributed by atoms with Crippen LogP contribution in [0.3, 0.4) is 0 Å². The maximum absolute atomic E-state index is 13.5. The van der Waals surface area contributed by atoms with Gasteiger partial charge in [-0.15, -0.1) is 0 Å². The molecule has 0 unspecified atom stereocenters. The number of non-ortho nitro benzene ring substituents is 1. The Morgan fingerprint density at radius 1 is 0.882 bits per heavy atom. The molecule has 3 aromatic carbocycles. The van der Waals surface area contributed by atoms with Crippen molar-refractivity contribution in [2.24, 2.45) is 5.92 Å². The summed E-state index contributed by atoms with van der Waals surface area (Å²) in [5.41, 5.74) is 1.37. The first-order chi connectivity index (χ1) is 16.4. The van der Waals surface area contributed by atoms with Crippen LogP contribution < -0.4 is 9.96 Å². The second-order valence-electron chi connectivity index (χ2n) is 7.87. The van der Waals surface area contributed by atoms with Gasteiger partial charge in [-0.2, -0.15) is 0 Å². The second kappa shape index (κ2) is 8.09. The monoisotopic (exact) mass is 459 g/mol. The smallest absolute Gasteiger partial charge is 0.335 e. The van der Waals surface area contributed by atoms with Gasteiger partial charge >= 0.3 is 5.97 Å². The summed E-state index contributed by atoms with van der Waals surface area (Å²) in [6.07, 6.45) is -1.10. The summed E-state index contributed by atoms with van der Waals surface area (Å²) < 4.78 is 0. The predicted octanol–water partition coefficient (Wildman–Crippen LogP) is 3.34. The molecule has 10 heteroatoms. The number of nitro groups is 1. The zero-order valence-electron chi connectivity index (χ0n) is 17.5. The average molecular weight is 459 g/mol. The Bertz CT molecular complexity index is 1290. The summed E-state index contributed by atoms with van der Waals surface area (Å²) in [5, 5.41) is 21.7. The number of amides is 2. The van der Waals surface area contributed by atoms with Crippen LogP contribution in [0.15, 0.2) is 78.9 Å². The van der Waals surface area contributed by atoms with Gasteiger partial charge in [-0.1, -0.05) is 30.3 Å². The van der Waals surface area contributed by atoms with Crippen LogP contribution in [0.1, 0.15) is 22.0 Å². The van der Waals surface area contributed by atoms with Crippen molar-refractivity contribution < 1.29 is 29.3 Å². The number of rotatable bonds is 5. The number of anilines is 2. The molecule has 0 spiro atoms. The average Bonchev–Trinajstić information content (AvgIpc) is 3.35. The van der Waals surface area contributed by atoms with Gasteiger partial charge in [0.25, 0.3) is 11.6 Å². The van der Waals surface area contributed by atoms with E-state index in [0.29, 0.717) is 11.3 Å². The Labute approximate surface area is 192 Å². The van der Waals surface area contributed by atoms with E-state index in [0.717, 1.165) is 4.90 Å². The molecular weight excluding hydrogens is 442 g/mol. The molecule has 2 saturated heterocycles. The van der Waals surface area contributed by atoms with Crippen molar-refractivity contribution in [1.29, 1.82) is 0 Å². The quantitative estimate of drug-likeness (QED) is 0.349. The third-order valence-corrected chi connectivity index (χ3v) is 5.94. The van der Waals surface area contributed by atoms with Gasteiger partial charge in [0.05, 0.1) is 27.9 Å². The Hall–Kier alpha value is -4.57. The van der Waals surface area contributed by atoms with E-state index in [2.05, 4.69) is 0 Å². The number of carbonyl (C=O) groups excluding carboxylic acids is 2. The van der Waals surface area contributed by atoms with E-state index >= 15 is 0 Å². The number of nitro benzene ring substituents is 1. The fourth-order valence-electron chi connectivity index (χ4n) is 4.35. The number of nitrogens with zero attached hydrogens (tertiary/aromatic N) is 3. The molecule has 0 aliphatic carbocycles. The molecule has 10 nitrogen and oxygen atoms in total. The standard InChI is InChI=1S/C24H17N3O7/c28-22-19-20(14-6-12-18(13-7-14)27(32)33)26(17-4-2-1-3-5-17)34-21(19)23(29)25(22)16-10-8-15(9-11-16)24(30)31/h1-13,19-21H,(H,30,31)/t19-,20+,21+/m1/s1. The van der Waals surface area contributed by atoms with Gasteiger partial charge in [0.15, 0.2) is 6.10 Å². The first-order valence-corrected chi connectivity index (χ1v) is 10.3. The molecule has 0 radical (unpaired) electrons. The highest BCUT2D eigenvalue weighted by molar-refractivity contribution is 6.24. The molecule has 3 aromatic rings. The summed E-state index contributed by atoms with van der Waals surface area (Å²) in [6.45, 7) is 0. The summed E-state index contributed by atoms with van der Waals surface area (Å²) >= 11 is 0. The van der Waals surface area contributed by atoms with Crippen LogP contribution in [-0.2, 0) is 14.4 Å². The van der Waals surface area contributed by atoms with E-state index in [1.165, 1.54) is 41.5 Å². The molecule has 2 amide bonds. The molecule has 5 rings (SSSR count). The third kappa shape index (κ3) is 3.37. The topological polar surface area (TPSA) is 130 Å². The summed E-state index contributed by atoms with van der Waals surface area (Å²) in [6, 6.07) is 19.4. The van der Waals surface area contributed by atoms with Crippen LogP contribution in [0.5, 0.6) is 0 Å². The number of imide groups is 1. The molecular formula is C24H17N3O7. The number of carboxylic acids is 1. The normalized spacial score (nSPS) is 21.6. The lowest BCUT2D eigenvalue weighted by Gasteiger charge is -2.28. The second-order valence-corrected chi connectivity index (χ2v) is 7.87. The number of hydrogen-bond acceptors (Lipinski definition) is 7. The molecule has 0 aromatic heterocycles. The number of fused-ring (bicyclic) bond motifs is 1. The first kappa shape index (κ1) is 21.3. The lowest BCUT2D eigenvalue weighted by molar-refractivity contribution is -0.384. The highest BCUT2D eigenvalue weighted by Gasteiger charge is 2.60.